The first-order valence-electron chi connectivity index (χ1n) is 21.2. The van der Waals surface area contributed by atoms with Gasteiger partial charge in [-0.05, 0) is 144 Å². The van der Waals surface area contributed by atoms with Gasteiger partial charge in [-0.2, -0.15) is 0 Å². The number of hydrogen-bond acceptors (Lipinski definition) is 4. The van der Waals surface area contributed by atoms with Gasteiger partial charge in [-0.3, -0.25) is 8.97 Å². The minimum absolute atomic E-state index is 0.727. The molecular formula is C54H56N8+2. The number of rotatable bonds is 8. The van der Waals surface area contributed by atoms with Gasteiger partial charge < -0.3 is 19.8 Å². The van der Waals surface area contributed by atoms with E-state index in [0.29, 0.717) is 0 Å². The summed E-state index contributed by atoms with van der Waals surface area (Å²) in [6.07, 6.45) is 8.65. The predicted octanol–water partition coefficient (Wildman–Crippen LogP) is 11.8. The minimum Gasteiger partial charge on any atom is -0.378 e. The minimum atomic E-state index is 0.727. The van der Waals surface area contributed by atoms with E-state index in [1.54, 1.807) is 0 Å². The third kappa shape index (κ3) is 7.64. The zero-order chi connectivity index (χ0) is 43.5. The van der Waals surface area contributed by atoms with Crippen molar-refractivity contribution in [2.45, 2.75) is 0 Å². The van der Waals surface area contributed by atoms with Crippen LogP contribution in [0.2, 0.25) is 0 Å². The lowest BCUT2D eigenvalue weighted by atomic mass is 10.0. The topological polar surface area (TPSA) is 63.8 Å². The molecule has 310 valence electrons. The van der Waals surface area contributed by atoms with Gasteiger partial charge >= 0.3 is 0 Å². The highest BCUT2D eigenvalue weighted by Crippen LogP contribution is 2.40. The van der Waals surface area contributed by atoms with Gasteiger partial charge in [0.05, 0.1) is 65.1 Å². The molecule has 0 spiro atoms. The Morgan fingerprint density at radius 2 is 0.581 bits per heavy atom. The van der Waals surface area contributed by atoms with E-state index in [1.807, 2.05) is 0 Å². The van der Waals surface area contributed by atoms with Crippen LogP contribution in [0.4, 0.5) is 22.7 Å². The lowest BCUT2D eigenvalue weighted by molar-refractivity contribution is 0.486. The van der Waals surface area contributed by atoms with E-state index in [1.165, 1.54) is 11.4 Å². The van der Waals surface area contributed by atoms with Gasteiger partial charge in [-0.25, -0.2) is 9.97 Å². The molecule has 3 aromatic heterocycles. The second-order valence-corrected chi connectivity index (χ2v) is 18.5. The zero-order valence-corrected chi connectivity index (χ0v) is 37.5. The molecule has 4 aromatic carbocycles. The van der Waals surface area contributed by atoms with Gasteiger partial charge in [0.15, 0.2) is 0 Å². The Labute approximate surface area is 365 Å². The number of quaternary nitrogens is 2. The first-order valence-corrected chi connectivity index (χ1v) is 21.2. The van der Waals surface area contributed by atoms with E-state index in [0.717, 1.165) is 110 Å². The number of aromatic nitrogens is 4. The quantitative estimate of drug-likeness (QED) is 0.150. The number of nitrogens with one attached hydrogen (secondary N) is 2. The highest BCUT2D eigenvalue weighted by atomic mass is 15.3. The summed E-state index contributed by atoms with van der Waals surface area (Å²) in [7, 11) is 21.5. The molecule has 2 N–H and O–H groups in total. The number of fused-ring (bicyclic) bond motifs is 8. The van der Waals surface area contributed by atoms with Crippen LogP contribution in [0.5, 0.6) is 0 Å². The lowest BCUT2D eigenvalue weighted by Gasteiger charge is -2.23. The molecule has 8 bridgehead atoms. The Morgan fingerprint density at radius 3 is 0.806 bits per heavy atom. The Bertz CT molecular complexity index is 2830. The van der Waals surface area contributed by atoms with Gasteiger partial charge in [-0.15, -0.1) is 0 Å². The fourth-order valence-electron chi connectivity index (χ4n) is 8.42. The van der Waals surface area contributed by atoms with Crippen LogP contribution >= 0.6 is 0 Å². The van der Waals surface area contributed by atoms with E-state index in [9.17, 15) is 0 Å². The Balaban J connectivity index is 1.42. The van der Waals surface area contributed by atoms with Crippen LogP contribution in [0, 0.1) is 0 Å². The molecule has 2 aliphatic rings. The monoisotopic (exact) mass is 816 g/mol. The molecule has 0 amide bonds. The van der Waals surface area contributed by atoms with Crippen molar-refractivity contribution in [3.8, 4) is 44.5 Å². The molecule has 0 radical (unpaired) electrons. The Morgan fingerprint density at radius 1 is 0.339 bits per heavy atom. The molecular weight excluding hydrogens is 761 g/mol. The Hall–Kier alpha value is -7.00. The molecule has 9 rings (SSSR count). The van der Waals surface area contributed by atoms with Crippen molar-refractivity contribution in [1.82, 2.24) is 28.9 Å². The first kappa shape index (κ1) is 40.4. The molecule has 5 heterocycles. The molecule has 0 fully saturated rings. The zero-order valence-electron chi connectivity index (χ0n) is 37.5. The standard InChI is InChI=1S/C54H56N8/c1-59(2)39-19-11-35(12-20-39)51-43-27-28-44(55-43)52(36-13-21-40(22-14-36)60(3)4)46-30-32-48(57-46)54(38-17-25-42(26-18-38)62(8,9)10)50-34-33-49(58-50)53(47-31-29-45(51)56-47)37-15-23-41(24-16-37)61(5,6)7/h11-34,55,58H,1-10H3/q+2. The summed E-state index contributed by atoms with van der Waals surface area (Å²) >= 11 is 0. The Kier molecular flexibility index (Phi) is 10.1. The molecule has 62 heavy (non-hydrogen) atoms. The normalized spacial score (nSPS) is 12.5. The largest absolute Gasteiger partial charge is 0.378 e. The van der Waals surface area contributed by atoms with E-state index in [4.69, 9.17) is 9.97 Å². The van der Waals surface area contributed by atoms with Gasteiger partial charge in [0, 0.05) is 83.9 Å². The summed E-state index contributed by atoms with van der Waals surface area (Å²) in [5.41, 5.74) is 20.6. The second kappa shape index (κ2) is 15.5. The van der Waals surface area contributed by atoms with Gasteiger partial charge in [-0.1, -0.05) is 24.3 Å². The first-order chi connectivity index (χ1) is 29.6. The van der Waals surface area contributed by atoms with E-state index in [2.05, 4.69) is 236 Å². The maximum Gasteiger partial charge on any atom is 0.132 e. The molecule has 0 saturated heterocycles. The van der Waals surface area contributed by atoms with E-state index in [-0.39, 0.29) is 0 Å². The van der Waals surface area contributed by atoms with Crippen LogP contribution in [0.1, 0.15) is 22.8 Å². The maximum atomic E-state index is 5.52. The van der Waals surface area contributed by atoms with E-state index >= 15 is 0 Å². The van der Waals surface area contributed by atoms with Crippen molar-refractivity contribution in [3.63, 3.8) is 0 Å². The third-order valence-corrected chi connectivity index (χ3v) is 12.0. The van der Waals surface area contributed by atoms with Gasteiger partial charge in [0.2, 0.25) is 0 Å². The van der Waals surface area contributed by atoms with Crippen molar-refractivity contribution in [2.75, 3.05) is 80.3 Å². The molecule has 8 heteroatoms. The molecule has 8 nitrogen and oxygen atoms in total. The summed E-state index contributed by atoms with van der Waals surface area (Å²) in [4.78, 5) is 23.1. The summed E-state index contributed by atoms with van der Waals surface area (Å²) in [5, 5.41) is 0. The smallest absolute Gasteiger partial charge is 0.132 e. The van der Waals surface area contributed by atoms with Gasteiger partial charge in [0.1, 0.15) is 11.4 Å². The summed E-state index contributed by atoms with van der Waals surface area (Å²) < 4.78 is 1.45. The number of anilines is 2. The summed E-state index contributed by atoms with van der Waals surface area (Å²) in [5.74, 6) is 0. The fraction of sp³-hybridized carbons (Fsp3) is 0.185. The van der Waals surface area contributed by atoms with Crippen LogP contribution in [0.3, 0.4) is 0 Å². The third-order valence-electron chi connectivity index (χ3n) is 12.0. The number of H-pyrrole nitrogens is 2. The molecule has 0 aliphatic carbocycles. The summed E-state index contributed by atoms with van der Waals surface area (Å²) in [6.45, 7) is 0. The highest BCUT2D eigenvalue weighted by Gasteiger charge is 2.21. The van der Waals surface area contributed by atoms with Crippen molar-refractivity contribution >= 4 is 69.1 Å². The SMILES string of the molecule is CN(C)c1ccc(-c2c3nc(c(-c4ccc([N+](C)(C)C)cc4)c4ccc([nH]4)c(-c4ccc([N+](C)(C)C)cc4)c4nc(c(-c5ccc(N(C)C)cc5)c5ccc2[nH]5)C=C4)C=C3)cc1. The van der Waals surface area contributed by atoms with Crippen LogP contribution in [-0.2, 0) is 0 Å². The number of benzene rings is 4. The van der Waals surface area contributed by atoms with Crippen molar-refractivity contribution in [2.24, 2.45) is 0 Å². The van der Waals surface area contributed by atoms with Crippen molar-refractivity contribution in [1.29, 1.82) is 0 Å². The van der Waals surface area contributed by atoms with Crippen LogP contribution in [-0.4, -0.2) is 90.4 Å². The van der Waals surface area contributed by atoms with Crippen molar-refractivity contribution in [3.05, 3.63) is 144 Å². The number of nitrogens with zero attached hydrogens (tertiary/aromatic N) is 6. The van der Waals surface area contributed by atoms with Crippen LogP contribution in [0.15, 0.2) is 121 Å². The molecule has 0 saturated carbocycles. The van der Waals surface area contributed by atoms with Crippen LogP contribution in [0.25, 0.3) is 90.9 Å². The molecule has 0 atom stereocenters. The maximum absolute atomic E-state index is 5.52. The van der Waals surface area contributed by atoms with Crippen molar-refractivity contribution < 1.29 is 0 Å². The number of hydrogen-bond donors (Lipinski definition) is 2. The lowest BCUT2D eigenvalue weighted by Crippen LogP contribution is -2.34. The molecule has 0 unspecified atom stereocenters. The fourth-order valence-corrected chi connectivity index (χ4v) is 8.42. The van der Waals surface area contributed by atoms with Crippen LogP contribution < -0.4 is 18.8 Å². The molecule has 2 aliphatic heterocycles. The highest BCUT2D eigenvalue weighted by molar-refractivity contribution is 6.00. The summed E-state index contributed by atoms with van der Waals surface area (Å²) in [6, 6.07) is 44.1. The number of aromatic amines is 2. The van der Waals surface area contributed by atoms with Gasteiger partial charge in [0.25, 0.3) is 0 Å². The second-order valence-electron chi connectivity index (χ2n) is 18.5. The average molecular weight is 817 g/mol. The molecule has 7 aromatic rings. The average Bonchev–Trinajstić information content (AvgIpc) is 4.09. The predicted molar refractivity (Wildman–Crippen MR) is 268 cm³/mol. The van der Waals surface area contributed by atoms with E-state index < -0.39 is 0 Å².